The van der Waals surface area contributed by atoms with Crippen LogP contribution in [0.25, 0.3) is 22.3 Å². The monoisotopic (exact) mass is 561 g/mol. The number of benzene rings is 2. The van der Waals surface area contributed by atoms with Gasteiger partial charge in [0.1, 0.15) is 5.52 Å². The van der Waals surface area contributed by atoms with E-state index in [-0.39, 0.29) is 12.1 Å². The number of nitrogens with two attached hydrogens (primary N) is 1. The molecular formula is C30H36ClN7O2. The molecule has 0 saturated carbocycles. The van der Waals surface area contributed by atoms with Crippen molar-refractivity contribution in [3.05, 3.63) is 75.3 Å². The lowest BCUT2D eigenvalue weighted by Gasteiger charge is -2.38. The number of hydrogen-bond acceptors (Lipinski definition) is 7. The molecule has 0 amide bonds. The molecule has 9 nitrogen and oxygen atoms in total. The molecule has 2 aliphatic rings. The fourth-order valence-corrected chi connectivity index (χ4v) is 6.24. The van der Waals surface area contributed by atoms with Gasteiger partial charge in [-0.2, -0.15) is 5.10 Å². The van der Waals surface area contributed by atoms with Crippen molar-refractivity contribution in [2.45, 2.75) is 50.9 Å². The Morgan fingerprint density at radius 1 is 1.02 bits per heavy atom. The van der Waals surface area contributed by atoms with Crippen molar-refractivity contribution in [2.75, 3.05) is 31.1 Å². The third-order valence-corrected chi connectivity index (χ3v) is 8.78. The molecule has 2 aromatic carbocycles. The Balaban J connectivity index is 1.13. The molecule has 40 heavy (non-hydrogen) atoms. The summed E-state index contributed by atoms with van der Waals surface area (Å²) in [4.78, 5) is 22.7. The smallest absolute Gasteiger partial charge is 0.281 e. The van der Waals surface area contributed by atoms with E-state index in [9.17, 15) is 9.90 Å². The van der Waals surface area contributed by atoms with Crippen LogP contribution in [0.1, 0.15) is 36.8 Å². The first-order chi connectivity index (χ1) is 19.3. The highest BCUT2D eigenvalue weighted by atomic mass is 35.5. The number of fused-ring (bicyclic) bond motifs is 1. The lowest BCUT2D eigenvalue weighted by molar-refractivity contribution is -0.0364. The Hall–Kier alpha value is -3.24. The van der Waals surface area contributed by atoms with Gasteiger partial charge in [0.05, 0.1) is 24.2 Å². The predicted octanol–water partition coefficient (Wildman–Crippen LogP) is 3.54. The van der Waals surface area contributed by atoms with Gasteiger partial charge < -0.3 is 15.7 Å². The summed E-state index contributed by atoms with van der Waals surface area (Å²) in [5.41, 5.74) is 10.4. The lowest BCUT2D eigenvalue weighted by atomic mass is 9.91. The number of halogens is 1. The minimum atomic E-state index is -0.991. The molecular weight excluding hydrogens is 526 g/mol. The van der Waals surface area contributed by atoms with Crippen LogP contribution in [-0.2, 0) is 26.7 Å². The van der Waals surface area contributed by atoms with Crippen molar-refractivity contribution >= 4 is 28.3 Å². The zero-order valence-electron chi connectivity index (χ0n) is 22.9. The molecule has 2 aliphatic heterocycles. The fourth-order valence-electron chi connectivity index (χ4n) is 6.01. The fraction of sp³-hybridized carbons (Fsp3) is 0.433. The molecule has 6 rings (SSSR count). The van der Waals surface area contributed by atoms with Gasteiger partial charge in [-0.3, -0.25) is 18.9 Å². The van der Waals surface area contributed by atoms with Gasteiger partial charge in [0, 0.05) is 62.6 Å². The molecule has 0 spiro atoms. The highest BCUT2D eigenvalue weighted by molar-refractivity contribution is 6.31. The summed E-state index contributed by atoms with van der Waals surface area (Å²) in [5.74, 6) is 0. The Labute approximate surface area is 238 Å². The summed E-state index contributed by atoms with van der Waals surface area (Å²) in [7, 11) is 1.81. The summed E-state index contributed by atoms with van der Waals surface area (Å²) in [6.45, 7) is 5.02. The van der Waals surface area contributed by atoms with Crippen molar-refractivity contribution in [1.82, 2.24) is 24.2 Å². The number of rotatable bonds is 7. The van der Waals surface area contributed by atoms with E-state index >= 15 is 0 Å². The van der Waals surface area contributed by atoms with Gasteiger partial charge in [0.15, 0.2) is 5.52 Å². The zero-order valence-corrected chi connectivity index (χ0v) is 23.6. The van der Waals surface area contributed by atoms with Gasteiger partial charge in [0.25, 0.3) is 5.56 Å². The molecule has 2 aromatic heterocycles. The molecule has 210 valence electrons. The second kappa shape index (κ2) is 11.0. The average Bonchev–Trinajstić information content (AvgIpc) is 3.61. The van der Waals surface area contributed by atoms with E-state index < -0.39 is 5.60 Å². The van der Waals surface area contributed by atoms with E-state index in [0.29, 0.717) is 30.4 Å². The van der Waals surface area contributed by atoms with Crippen LogP contribution in [-0.4, -0.2) is 61.1 Å². The Morgan fingerprint density at radius 2 is 1.75 bits per heavy atom. The normalized spacial score (nSPS) is 17.6. The highest BCUT2D eigenvalue weighted by Crippen LogP contribution is 2.30. The summed E-state index contributed by atoms with van der Waals surface area (Å²) < 4.78 is 3.19. The number of nitrogens with zero attached hydrogens (tertiary/aromatic N) is 6. The maximum Gasteiger partial charge on any atom is 0.281 e. The first kappa shape index (κ1) is 27.0. The second-order valence-corrected chi connectivity index (χ2v) is 11.6. The molecule has 0 bridgehead atoms. The molecule has 0 unspecified atom stereocenters. The first-order valence-corrected chi connectivity index (χ1v) is 14.4. The van der Waals surface area contributed by atoms with E-state index in [4.69, 9.17) is 17.3 Å². The van der Waals surface area contributed by atoms with Gasteiger partial charge in [-0.15, -0.1) is 0 Å². The van der Waals surface area contributed by atoms with E-state index in [1.807, 2.05) is 31.3 Å². The molecule has 0 aliphatic carbocycles. The molecule has 4 aromatic rings. The number of piperidine rings is 1. The van der Waals surface area contributed by atoms with Crippen LogP contribution in [0, 0.1) is 0 Å². The second-order valence-electron chi connectivity index (χ2n) is 11.2. The van der Waals surface area contributed by atoms with E-state index in [2.05, 4.69) is 38.1 Å². The summed E-state index contributed by atoms with van der Waals surface area (Å²) in [6.07, 6.45) is 5.12. The Morgan fingerprint density at radius 3 is 2.42 bits per heavy atom. The van der Waals surface area contributed by atoms with Crippen molar-refractivity contribution in [2.24, 2.45) is 12.8 Å². The van der Waals surface area contributed by atoms with Crippen LogP contribution >= 0.6 is 11.6 Å². The molecule has 4 heterocycles. The molecule has 2 fully saturated rings. The van der Waals surface area contributed by atoms with Gasteiger partial charge in [0.2, 0.25) is 0 Å². The van der Waals surface area contributed by atoms with Gasteiger partial charge >= 0.3 is 0 Å². The lowest BCUT2D eigenvalue weighted by Crippen LogP contribution is -2.47. The molecule has 0 atom stereocenters. The molecule has 0 radical (unpaired) electrons. The predicted molar refractivity (Wildman–Crippen MR) is 158 cm³/mol. The number of aryl methyl sites for hydroxylation is 1. The van der Waals surface area contributed by atoms with Crippen molar-refractivity contribution in [3.63, 3.8) is 0 Å². The summed E-state index contributed by atoms with van der Waals surface area (Å²) in [6, 6.07) is 14.3. The third-order valence-electron chi connectivity index (χ3n) is 8.43. The maximum absolute atomic E-state index is 13.4. The van der Waals surface area contributed by atoms with Crippen molar-refractivity contribution in [1.29, 1.82) is 0 Å². The molecule has 2 saturated heterocycles. The minimum Gasteiger partial charge on any atom is -0.388 e. The largest absolute Gasteiger partial charge is 0.388 e. The van der Waals surface area contributed by atoms with Crippen molar-refractivity contribution < 1.29 is 5.11 Å². The highest BCUT2D eigenvalue weighted by Gasteiger charge is 2.33. The Bertz CT molecular complexity index is 1570. The van der Waals surface area contributed by atoms with Gasteiger partial charge in [-0.25, -0.2) is 4.98 Å². The van der Waals surface area contributed by atoms with Crippen molar-refractivity contribution in [3.8, 4) is 11.3 Å². The van der Waals surface area contributed by atoms with Crippen LogP contribution in [0.5, 0.6) is 0 Å². The van der Waals surface area contributed by atoms with E-state index in [0.717, 1.165) is 60.1 Å². The number of hydrogen-bond donors (Lipinski definition) is 2. The standard InChI is InChI=1S/C30H36ClN7O2/c1-35-28(22-6-4-21(17-32)5-7-22)26-27(34-35)29(39)38(20-33-26)19-30(40)10-14-36(15-11-30)18-23-8-9-24(16-25(23)31)37-12-2-3-13-37/h4-9,16,20,40H,2-3,10-15,17-19,32H2,1H3. The van der Waals surface area contributed by atoms with Gasteiger partial charge in [-0.1, -0.05) is 41.9 Å². The summed E-state index contributed by atoms with van der Waals surface area (Å²) in [5, 5.41) is 16.7. The van der Waals surface area contributed by atoms with E-state index in [1.165, 1.54) is 29.4 Å². The quantitative estimate of drug-likeness (QED) is 0.355. The van der Waals surface area contributed by atoms with E-state index in [1.54, 1.807) is 4.68 Å². The van der Waals surface area contributed by atoms with Gasteiger partial charge in [-0.05, 0) is 48.9 Å². The maximum atomic E-state index is 13.4. The van der Waals surface area contributed by atoms with Crippen LogP contribution in [0.15, 0.2) is 53.6 Å². The number of likely N-dealkylation sites (tertiary alicyclic amines) is 1. The Kier molecular flexibility index (Phi) is 7.39. The van der Waals surface area contributed by atoms with Crippen LogP contribution in [0.2, 0.25) is 5.02 Å². The van der Waals surface area contributed by atoms with Crippen LogP contribution in [0.3, 0.4) is 0 Å². The summed E-state index contributed by atoms with van der Waals surface area (Å²) >= 11 is 6.66. The van der Waals surface area contributed by atoms with Crippen LogP contribution in [0.4, 0.5) is 5.69 Å². The van der Waals surface area contributed by atoms with Crippen LogP contribution < -0.4 is 16.2 Å². The average molecular weight is 562 g/mol. The molecule has 3 N–H and O–H groups in total. The minimum absolute atomic E-state index is 0.186. The SMILES string of the molecule is Cn1nc2c(=O)n(CC3(O)CCN(Cc4ccc(N5CCCC5)cc4Cl)CC3)cnc2c1-c1ccc(CN)cc1. The third kappa shape index (κ3) is 5.26. The zero-order chi connectivity index (χ0) is 27.9. The number of aliphatic hydroxyl groups is 1. The number of aromatic nitrogens is 4. The first-order valence-electron chi connectivity index (χ1n) is 14.0. The molecule has 10 heteroatoms. The number of anilines is 1. The topological polar surface area (TPSA) is 105 Å².